The largest absolute Gasteiger partial charge is 0.486 e. The highest BCUT2D eigenvalue weighted by molar-refractivity contribution is 8.04. The molecule has 0 aromatic heterocycles. The average Bonchev–Trinajstić information content (AvgIpc) is 2.92. The molecule has 0 fully saturated rings. The average molecular weight is 395 g/mol. The number of anilines is 1. The number of amides is 2. The lowest BCUT2D eigenvalue weighted by Crippen LogP contribution is -2.31. The molecule has 2 amide bonds. The van der Waals surface area contributed by atoms with Crippen LogP contribution in [0.15, 0.2) is 41.3 Å². The first-order chi connectivity index (χ1) is 13.5. The van der Waals surface area contributed by atoms with Crippen LogP contribution in [0.25, 0.3) is 5.57 Å². The Morgan fingerprint density at radius 2 is 1.71 bits per heavy atom. The van der Waals surface area contributed by atoms with Crippen LogP contribution in [0.5, 0.6) is 11.5 Å². The molecule has 2 aromatic rings. The standard InChI is InChI=1S/C22H21NO4S/c1-4-28-20-19(16-7-5-13(2)11-14(16)3)21(24)23(22(20)25)15-6-8-17-18(12-15)27-10-9-26-17/h5-8,11-12H,4,9-10H2,1-3H3. The second-order valence-corrected chi connectivity index (χ2v) is 8.00. The second-order valence-electron chi connectivity index (χ2n) is 6.73. The molecule has 2 aliphatic rings. The number of benzene rings is 2. The van der Waals surface area contributed by atoms with E-state index in [0.29, 0.717) is 46.6 Å². The third-order valence-corrected chi connectivity index (χ3v) is 5.72. The van der Waals surface area contributed by atoms with Crippen LogP contribution in [0, 0.1) is 13.8 Å². The number of ether oxygens (including phenoxy) is 2. The molecule has 5 nitrogen and oxygen atoms in total. The molecular formula is C22H21NO4S. The van der Waals surface area contributed by atoms with E-state index in [-0.39, 0.29) is 11.8 Å². The van der Waals surface area contributed by atoms with E-state index >= 15 is 0 Å². The van der Waals surface area contributed by atoms with Crippen LogP contribution in [0.1, 0.15) is 23.6 Å². The van der Waals surface area contributed by atoms with Crippen molar-refractivity contribution in [2.75, 3.05) is 23.9 Å². The fraction of sp³-hybridized carbons (Fsp3) is 0.273. The normalized spacial score (nSPS) is 16.2. The predicted octanol–water partition coefficient (Wildman–Crippen LogP) is 4.11. The minimum atomic E-state index is -0.301. The van der Waals surface area contributed by atoms with Gasteiger partial charge in [-0.1, -0.05) is 30.7 Å². The Balaban J connectivity index is 1.79. The van der Waals surface area contributed by atoms with Crippen LogP contribution in [0.2, 0.25) is 0 Å². The Kier molecular flexibility index (Phi) is 4.89. The third kappa shape index (κ3) is 3.07. The summed E-state index contributed by atoms with van der Waals surface area (Å²) in [4.78, 5) is 28.3. The lowest BCUT2D eigenvalue weighted by Gasteiger charge is -2.21. The monoisotopic (exact) mass is 395 g/mol. The minimum absolute atomic E-state index is 0.288. The summed E-state index contributed by atoms with van der Waals surface area (Å²) >= 11 is 1.41. The summed E-state index contributed by atoms with van der Waals surface area (Å²) in [7, 11) is 0. The molecule has 0 spiro atoms. The molecule has 144 valence electrons. The van der Waals surface area contributed by atoms with E-state index in [1.54, 1.807) is 18.2 Å². The van der Waals surface area contributed by atoms with Gasteiger partial charge in [0.25, 0.3) is 11.8 Å². The number of thioether (sulfide) groups is 1. The van der Waals surface area contributed by atoms with Crippen LogP contribution < -0.4 is 14.4 Å². The number of nitrogens with zero attached hydrogens (tertiary/aromatic N) is 1. The number of hydrogen-bond donors (Lipinski definition) is 0. The molecule has 2 aromatic carbocycles. The van der Waals surface area contributed by atoms with Gasteiger partial charge >= 0.3 is 0 Å². The van der Waals surface area contributed by atoms with Gasteiger partial charge in [-0.05, 0) is 42.9 Å². The smallest absolute Gasteiger partial charge is 0.272 e. The lowest BCUT2D eigenvalue weighted by molar-refractivity contribution is -0.119. The summed E-state index contributed by atoms with van der Waals surface area (Å²) in [6.45, 7) is 6.89. The molecule has 0 atom stereocenters. The van der Waals surface area contributed by atoms with Crippen molar-refractivity contribution in [1.82, 2.24) is 0 Å². The number of carbonyl (C=O) groups excluding carboxylic acids is 2. The van der Waals surface area contributed by atoms with Gasteiger partial charge < -0.3 is 9.47 Å². The topological polar surface area (TPSA) is 55.8 Å². The Morgan fingerprint density at radius 3 is 2.43 bits per heavy atom. The van der Waals surface area contributed by atoms with Crippen molar-refractivity contribution < 1.29 is 19.1 Å². The molecule has 0 saturated heterocycles. The molecule has 0 saturated carbocycles. The Hall–Kier alpha value is -2.73. The molecule has 0 bridgehead atoms. The van der Waals surface area contributed by atoms with Gasteiger partial charge in [-0.3, -0.25) is 9.59 Å². The molecule has 4 rings (SSSR count). The number of carbonyl (C=O) groups is 2. The highest BCUT2D eigenvalue weighted by atomic mass is 32.2. The van der Waals surface area contributed by atoms with Gasteiger partial charge in [0, 0.05) is 6.07 Å². The zero-order valence-corrected chi connectivity index (χ0v) is 16.9. The number of fused-ring (bicyclic) bond motifs is 1. The van der Waals surface area contributed by atoms with Crippen molar-refractivity contribution in [2.45, 2.75) is 20.8 Å². The Labute approximate surface area is 168 Å². The molecule has 2 heterocycles. The maximum atomic E-state index is 13.4. The van der Waals surface area contributed by atoms with Crippen LogP contribution in [-0.2, 0) is 9.59 Å². The summed E-state index contributed by atoms with van der Waals surface area (Å²) in [6, 6.07) is 11.1. The van der Waals surface area contributed by atoms with Gasteiger partial charge in [0.05, 0.1) is 16.2 Å². The van der Waals surface area contributed by atoms with Gasteiger partial charge in [-0.25, -0.2) is 4.90 Å². The molecule has 0 radical (unpaired) electrons. The van der Waals surface area contributed by atoms with E-state index in [4.69, 9.17) is 9.47 Å². The Morgan fingerprint density at radius 1 is 0.964 bits per heavy atom. The number of aryl methyl sites for hydroxylation is 2. The van der Waals surface area contributed by atoms with Crippen molar-refractivity contribution in [1.29, 1.82) is 0 Å². The quantitative estimate of drug-likeness (QED) is 0.729. The molecular weight excluding hydrogens is 374 g/mol. The fourth-order valence-electron chi connectivity index (χ4n) is 3.53. The van der Waals surface area contributed by atoms with Crippen molar-refractivity contribution in [3.05, 3.63) is 58.0 Å². The van der Waals surface area contributed by atoms with Gasteiger partial charge in [0.2, 0.25) is 0 Å². The first kappa shape index (κ1) is 18.6. The lowest BCUT2D eigenvalue weighted by atomic mass is 9.99. The first-order valence-corrected chi connectivity index (χ1v) is 10.2. The predicted molar refractivity (Wildman–Crippen MR) is 111 cm³/mol. The van der Waals surface area contributed by atoms with E-state index in [2.05, 4.69) is 0 Å². The minimum Gasteiger partial charge on any atom is -0.486 e. The first-order valence-electron chi connectivity index (χ1n) is 9.24. The maximum absolute atomic E-state index is 13.4. The summed E-state index contributed by atoms with van der Waals surface area (Å²) in [5.41, 5.74) is 3.87. The van der Waals surface area contributed by atoms with Crippen LogP contribution in [0.3, 0.4) is 0 Å². The van der Waals surface area contributed by atoms with E-state index in [9.17, 15) is 9.59 Å². The third-order valence-electron chi connectivity index (χ3n) is 4.77. The molecule has 6 heteroatoms. The SMILES string of the molecule is CCSC1=C(c2ccc(C)cc2C)C(=O)N(c2ccc3c(c2)OCCO3)C1=O. The molecule has 2 aliphatic heterocycles. The second kappa shape index (κ2) is 7.36. The molecule has 0 N–H and O–H groups in total. The zero-order chi connectivity index (χ0) is 19.8. The molecule has 0 aliphatic carbocycles. The van der Waals surface area contributed by atoms with Crippen molar-refractivity contribution >= 4 is 34.8 Å². The van der Waals surface area contributed by atoms with Crippen molar-refractivity contribution in [2.24, 2.45) is 0 Å². The van der Waals surface area contributed by atoms with E-state index in [1.165, 1.54) is 16.7 Å². The van der Waals surface area contributed by atoms with E-state index < -0.39 is 0 Å². The zero-order valence-electron chi connectivity index (χ0n) is 16.1. The summed E-state index contributed by atoms with van der Waals surface area (Å²) in [5, 5.41) is 0. The molecule has 28 heavy (non-hydrogen) atoms. The van der Waals surface area contributed by atoms with Crippen molar-refractivity contribution in [3.8, 4) is 11.5 Å². The van der Waals surface area contributed by atoms with Gasteiger partial charge in [-0.15, -0.1) is 11.8 Å². The maximum Gasteiger partial charge on any atom is 0.272 e. The van der Waals surface area contributed by atoms with Gasteiger partial charge in [0.1, 0.15) is 13.2 Å². The van der Waals surface area contributed by atoms with Crippen LogP contribution in [0.4, 0.5) is 5.69 Å². The highest BCUT2D eigenvalue weighted by Crippen LogP contribution is 2.41. The van der Waals surface area contributed by atoms with Crippen LogP contribution >= 0.6 is 11.8 Å². The number of imide groups is 1. The van der Waals surface area contributed by atoms with E-state index in [0.717, 1.165) is 16.7 Å². The summed E-state index contributed by atoms with van der Waals surface area (Å²) < 4.78 is 11.2. The highest BCUT2D eigenvalue weighted by Gasteiger charge is 2.40. The van der Waals surface area contributed by atoms with Gasteiger partial charge in [0.15, 0.2) is 11.5 Å². The van der Waals surface area contributed by atoms with E-state index in [1.807, 2.05) is 39.0 Å². The van der Waals surface area contributed by atoms with Crippen LogP contribution in [-0.4, -0.2) is 30.8 Å². The summed E-state index contributed by atoms with van der Waals surface area (Å²) in [5.74, 6) is 1.29. The number of hydrogen-bond acceptors (Lipinski definition) is 5. The Bertz CT molecular complexity index is 1010. The van der Waals surface area contributed by atoms with Crippen molar-refractivity contribution in [3.63, 3.8) is 0 Å². The number of rotatable bonds is 4. The van der Waals surface area contributed by atoms with Gasteiger partial charge in [-0.2, -0.15) is 0 Å². The summed E-state index contributed by atoms with van der Waals surface area (Å²) in [6.07, 6.45) is 0. The molecule has 0 unspecified atom stereocenters. The fourth-order valence-corrected chi connectivity index (χ4v) is 4.37.